The van der Waals surface area contributed by atoms with Crippen molar-refractivity contribution in [2.75, 3.05) is 33.3 Å². The summed E-state index contributed by atoms with van der Waals surface area (Å²) < 4.78 is 26.4. The van der Waals surface area contributed by atoms with Crippen molar-refractivity contribution < 1.29 is 18.7 Å². The second-order valence-corrected chi connectivity index (χ2v) is 7.14. The monoisotopic (exact) mass is 340 g/mol. The summed E-state index contributed by atoms with van der Waals surface area (Å²) in [5.74, 6) is -1.87. The zero-order valence-electron chi connectivity index (χ0n) is 14.6. The van der Waals surface area contributed by atoms with Gasteiger partial charge in [0.15, 0.2) is 11.6 Å². The van der Waals surface area contributed by atoms with Crippen LogP contribution in [0.1, 0.15) is 38.3 Å². The summed E-state index contributed by atoms with van der Waals surface area (Å²) in [7, 11) is 1.67. The molecule has 134 valence electrons. The predicted molar refractivity (Wildman–Crippen MR) is 88.4 cm³/mol. The number of carbonyl (C=O) groups is 1. The lowest BCUT2D eigenvalue weighted by Gasteiger charge is -2.39. The minimum Gasteiger partial charge on any atom is -0.396 e. The third-order valence-electron chi connectivity index (χ3n) is 5.00. The van der Waals surface area contributed by atoms with Crippen molar-refractivity contribution in [1.29, 1.82) is 0 Å². The molecule has 0 saturated carbocycles. The summed E-state index contributed by atoms with van der Waals surface area (Å²) in [5.41, 5.74) is 0.395. The van der Waals surface area contributed by atoms with E-state index in [9.17, 15) is 18.7 Å². The molecule has 1 aromatic carbocycles. The zero-order valence-corrected chi connectivity index (χ0v) is 14.6. The molecule has 2 rings (SSSR count). The second-order valence-electron chi connectivity index (χ2n) is 7.14. The van der Waals surface area contributed by atoms with E-state index in [0.29, 0.717) is 12.1 Å². The first-order valence-corrected chi connectivity index (χ1v) is 8.29. The van der Waals surface area contributed by atoms with Gasteiger partial charge in [0, 0.05) is 25.6 Å². The highest BCUT2D eigenvalue weighted by Gasteiger charge is 2.32. The molecule has 1 N–H and O–H groups in total. The lowest BCUT2D eigenvalue weighted by Crippen LogP contribution is -2.48. The number of amides is 1. The summed E-state index contributed by atoms with van der Waals surface area (Å²) >= 11 is 0. The average Bonchev–Trinajstić information content (AvgIpc) is 2.56. The molecule has 2 unspecified atom stereocenters. The van der Waals surface area contributed by atoms with E-state index in [-0.39, 0.29) is 30.5 Å². The van der Waals surface area contributed by atoms with Crippen molar-refractivity contribution in [1.82, 2.24) is 9.80 Å². The number of rotatable bonds is 5. The molecule has 0 bridgehead atoms. The topological polar surface area (TPSA) is 43.8 Å². The van der Waals surface area contributed by atoms with Gasteiger partial charge in [-0.25, -0.2) is 8.78 Å². The van der Waals surface area contributed by atoms with Gasteiger partial charge in [-0.15, -0.1) is 0 Å². The van der Waals surface area contributed by atoms with Gasteiger partial charge in [-0.05, 0) is 44.0 Å². The van der Waals surface area contributed by atoms with E-state index in [0.717, 1.165) is 31.5 Å². The van der Waals surface area contributed by atoms with Crippen LogP contribution in [0.5, 0.6) is 0 Å². The number of halogens is 2. The van der Waals surface area contributed by atoms with Crippen LogP contribution in [0.25, 0.3) is 0 Å². The van der Waals surface area contributed by atoms with Crippen LogP contribution in [0.15, 0.2) is 18.2 Å². The van der Waals surface area contributed by atoms with Crippen LogP contribution in [0.3, 0.4) is 0 Å². The molecule has 0 aliphatic carbocycles. The standard InChI is InChI=1S/C18H26F2N2O2/c1-13(14-5-6-15(19)16(20)9-14)21(3)17(24)10-22-8-4-7-18(2,11-22)12-23/h5-6,9,13,23H,4,7-8,10-12H2,1-3H3. The van der Waals surface area contributed by atoms with Crippen LogP contribution in [0, 0.1) is 17.0 Å². The fourth-order valence-electron chi connectivity index (χ4n) is 3.21. The summed E-state index contributed by atoms with van der Waals surface area (Å²) in [5, 5.41) is 9.51. The number of nitrogens with zero attached hydrogens (tertiary/aromatic N) is 2. The number of benzene rings is 1. The summed E-state index contributed by atoms with van der Waals surface area (Å²) in [6, 6.07) is 3.36. The molecule has 1 fully saturated rings. The molecular formula is C18H26F2N2O2. The molecule has 1 heterocycles. The van der Waals surface area contributed by atoms with Gasteiger partial charge in [0.25, 0.3) is 0 Å². The number of aliphatic hydroxyl groups excluding tert-OH is 1. The van der Waals surface area contributed by atoms with Gasteiger partial charge in [0.1, 0.15) is 0 Å². The highest BCUT2D eigenvalue weighted by Crippen LogP contribution is 2.29. The zero-order chi connectivity index (χ0) is 17.9. The number of hydrogen-bond acceptors (Lipinski definition) is 3. The smallest absolute Gasteiger partial charge is 0.236 e. The van der Waals surface area contributed by atoms with Crippen molar-refractivity contribution in [2.24, 2.45) is 5.41 Å². The molecule has 1 aliphatic heterocycles. The Morgan fingerprint density at radius 3 is 2.75 bits per heavy atom. The lowest BCUT2D eigenvalue weighted by atomic mass is 9.83. The first-order valence-electron chi connectivity index (χ1n) is 8.29. The van der Waals surface area contributed by atoms with E-state index in [1.54, 1.807) is 18.9 Å². The Hall–Kier alpha value is -1.53. The van der Waals surface area contributed by atoms with Crippen LogP contribution in [-0.2, 0) is 4.79 Å². The first kappa shape index (κ1) is 18.8. The highest BCUT2D eigenvalue weighted by molar-refractivity contribution is 5.78. The van der Waals surface area contributed by atoms with E-state index in [1.165, 1.54) is 6.07 Å². The Balaban J connectivity index is 1.99. The number of likely N-dealkylation sites (N-methyl/N-ethyl adjacent to an activating group) is 1. The van der Waals surface area contributed by atoms with E-state index < -0.39 is 11.6 Å². The molecule has 4 nitrogen and oxygen atoms in total. The van der Waals surface area contributed by atoms with E-state index in [1.807, 2.05) is 6.92 Å². The quantitative estimate of drug-likeness (QED) is 0.896. The SMILES string of the molecule is CC(c1ccc(F)c(F)c1)N(C)C(=O)CN1CCCC(C)(CO)C1. The molecule has 1 amide bonds. The van der Waals surface area contributed by atoms with Crippen LogP contribution < -0.4 is 0 Å². The Kier molecular flexibility index (Phi) is 5.93. The molecule has 2 atom stereocenters. The maximum absolute atomic E-state index is 13.4. The maximum Gasteiger partial charge on any atom is 0.236 e. The van der Waals surface area contributed by atoms with Crippen LogP contribution in [-0.4, -0.2) is 54.1 Å². The molecule has 0 spiro atoms. The molecule has 6 heteroatoms. The van der Waals surface area contributed by atoms with Gasteiger partial charge in [-0.1, -0.05) is 13.0 Å². The van der Waals surface area contributed by atoms with Gasteiger partial charge < -0.3 is 10.0 Å². The molecule has 1 saturated heterocycles. The molecular weight excluding hydrogens is 314 g/mol. The fraction of sp³-hybridized carbons (Fsp3) is 0.611. The van der Waals surface area contributed by atoms with Crippen molar-refractivity contribution >= 4 is 5.91 Å². The molecule has 0 radical (unpaired) electrons. The Morgan fingerprint density at radius 2 is 2.12 bits per heavy atom. The van der Waals surface area contributed by atoms with Gasteiger partial charge in [-0.2, -0.15) is 0 Å². The van der Waals surface area contributed by atoms with Gasteiger partial charge >= 0.3 is 0 Å². The molecule has 0 aromatic heterocycles. The van der Waals surface area contributed by atoms with Crippen molar-refractivity contribution in [3.05, 3.63) is 35.4 Å². The number of aliphatic hydroxyl groups is 1. The fourth-order valence-corrected chi connectivity index (χ4v) is 3.21. The van der Waals surface area contributed by atoms with Crippen LogP contribution >= 0.6 is 0 Å². The van der Waals surface area contributed by atoms with E-state index in [2.05, 4.69) is 4.90 Å². The molecule has 1 aromatic rings. The third-order valence-corrected chi connectivity index (χ3v) is 5.00. The lowest BCUT2D eigenvalue weighted by molar-refractivity contribution is -0.134. The number of likely N-dealkylation sites (tertiary alicyclic amines) is 1. The average molecular weight is 340 g/mol. The van der Waals surface area contributed by atoms with Crippen molar-refractivity contribution in [3.8, 4) is 0 Å². The molecule has 24 heavy (non-hydrogen) atoms. The largest absolute Gasteiger partial charge is 0.396 e. The third kappa shape index (κ3) is 4.30. The van der Waals surface area contributed by atoms with E-state index in [4.69, 9.17) is 0 Å². The Morgan fingerprint density at radius 1 is 1.42 bits per heavy atom. The first-order chi connectivity index (χ1) is 11.3. The second kappa shape index (κ2) is 7.57. The highest BCUT2D eigenvalue weighted by atomic mass is 19.2. The maximum atomic E-state index is 13.4. The van der Waals surface area contributed by atoms with Gasteiger partial charge in [0.2, 0.25) is 5.91 Å². The van der Waals surface area contributed by atoms with Gasteiger partial charge in [-0.3, -0.25) is 9.69 Å². The van der Waals surface area contributed by atoms with Crippen molar-refractivity contribution in [2.45, 2.75) is 32.7 Å². The number of hydrogen-bond donors (Lipinski definition) is 1. The predicted octanol–water partition coefficient (Wildman–Crippen LogP) is 2.58. The van der Waals surface area contributed by atoms with Crippen LogP contribution in [0.2, 0.25) is 0 Å². The summed E-state index contributed by atoms with van der Waals surface area (Å²) in [6.45, 7) is 5.70. The van der Waals surface area contributed by atoms with Crippen LogP contribution in [0.4, 0.5) is 8.78 Å². The Bertz CT molecular complexity index is 596. The Labute approximate surface area is 142 Å². The minimum atomic E-state index is -0.907. The normalized spacial score (nSPS) is 23.1. The van der Waals surface area contributed by atoms with E-state index >= 15 is 0 Å². The van der Waals surface area contributed by atoms with Gasteiger partial charge in [0.05, 0.1) is 12.6 Å². The van der Waals surface area contributed by atoms with Crippen molar-refractivity contribution in [3.63, 3.8) is 0 Å². The summed E-state index contributed by atoms with van der Waals surface area (Å²) in [6.07, 6.45) is 1.90. The molecule has 1 aliphatic rings. The number of piperidine rings is 1. The number of carbonyl (C=O) groups excluding carboxylic acids is 1. The summed E-state index contributed by atoms with van der Waals surface area (Å²) in [4.78, 5) is 16.1. The minimum absolute atomic E-state index is 0.0746.